The fourth-order valence-corrected chi connectivity index (χ4v) is 4.86. The lowest BCUT2D eigenvalue weighted by atomic mass is 10.2. The molecule has 4 heterocycles. The Labute approximate surface area is 193 Å². The van der Waals surface area contributed by atoms with Gasteiger partial charge in [0.1, 0.15) is 5.76 Å². The van der Waals surface area contributed by atoms with Crippen molar-refractivity contribution in [3.8, 4) is 11.4 Å². The van der Waals surface area contributed by atoms with Crippen LogP contribution in [0.25, 0.3) is 11.4 Å². The highest BCUT2D eigenvalue weighted by atomic mass is 32.2. The molecular formula is C23H20N6OS2. The molecule has 1 aromatic carbocycles. The Hall–Kier alpha value is -3.43. The molecule has 0 bridgehead atoms. The number of para-hydroxylation sites is 1. The first-order valence-corrected chi connectivity index (χ1v) is 11.9. The molecule has 1 N–H and O–H groups in total. The Kier molecular flexibility index (Phi) is 6.00. The van der Waals surface area contributed by atoms with Crippen LogP contribution in [0.5, 0.6) is 0 Å². The summed E-state index contributed by atoms with van der Waals surface area (Å²) in [6.07, 6.45) is 5.22. The summed E-state index contributed by atoms with van der Waals surface area (Å²) in [5, 5.41) is 16.0. The van der Waals surface area contributed by atoms with Crippen LogP contribution in [0.1, 0.15) is 17.0 Å². The van der Waals surface area contributed by atoms with E-state index in [0.717, 1.165) is 38.8 Å². The Morgan fingerprint density at radius 2 is 2.03 bits per heavy atom. The first-order valence-electron chi connectivity index (χ1n) is 10.0. The van der Waals surface area contributed by atoms with Gasteiger partial charge in [-0.2, -0.15) is 0 Å². The van der Waals surface area contributed by atoms with Gasteiger partial charge >= 0.3 is 0 Å². The van der Waals surface area contributed by atoms with E-state index in [9.17, 15) is 0 Å². The van der Waals surface area contributed by atoms with E-state index in [0.29, 0.717) is 12.3 Å². The highest BCUT2D eigenvalue weighted by molar-refractivity contribution is 7.98. The predicted molar refractivity (Wildman–Crippen MR) is 127 cm³/mol. The molecule has 0 amide bonds. The second-order valence-corrected chi connectivity index (χ2v) is 8.89. The number of thiazole rings is 1. The second-order valence-electron chi connectivity index (χ2n) is 7.09. The van der Waals surface area contributed by atoms with Gasteiger partial charge in [-0.25, -0.2) is 4.98 Å². The summed E-state index contributed by atoms with van der Waals surface area (Å²) in [7, 11) is 0. The molecule has 5 rings (SSSR count). The molecule has 4 aromatic heterocycles. The van der Waals surface area contributed by atoms with Gasteiger partial charge in [0.25, 0.3) is 0 Å². The van der Waals surface area contributed by atoms with Crippen LogP contribution in [0.3, 0.4) is 0 Å². The van der Waals surface area contributed by atoms with Gasteiger partial charge in [-0.05, 0) is 42.8 Å². The third kappa shape index (κ3) is 4.58. The molecule has 0 unspecified atom stereocenters. The Morgan fingerprint density at radius 1 is 1.09 bits per heavy atom. The first-order chi connectivity index (χ1) is 15.8. The molecule has 0 spiro atoms. The molecule has 32 heavy (non-hydrogen) atoms. The van der Waals surface area contributed by atoms with Gasteiger partial charge in [0.2, 0.25) is 0 Å². The number of nitrogens with zero attached hydrogens (tertiary/aromatic N) is 5. The first kappa shape index (κ1) is 20.5. The smallest absolute Gasteiger partial charge is 0.192 e. The zero-order valence-corrected chi connectivity index (χ0v) is 18.9. The van der Waals surface area contributed by atoms with Crippen molar-refractivity contribution in [3.05, 3.63) is 89.6 Å². The van der Waals surface area contributed by atoms with Crippen LogP contribution in [0.4, 0.5) is 10.8 Å². The molecule has 0 saturated heterocycles. The van der Waals surface area contributed by atoms with Crippen LogP contribution >= 0.6 is 23.1 Å². The Bertz CT molecular complexity index is 1300. The van der Waals surface area contributed by atoms with Crippen LogP contribution in [0.2, 0.25) is 0 Å². The van der Waals surface area contributed by atoms with E-state index in [1.807, 2.05) is 36.4 Å². The lowest BCUT2D eigenvalue weighted by molar-refractivity contribution is 0.485. The minimum absolute atomic E-state index is 0.545. The van der Waals surface area contributed by atoms with Gasteiger partial charge < -0.3 is 9.73 Å². The topological polar surface area (TPSA) is 81.7 Å². The minimum atomic E-state index is 0.545. The maximum Gasteiger partial charge on any atom is 0.192 e. The second kappa shape index (κ2) is 9.37. The van der Waals surface area contributed by atoms with Gasteiger partial charge in [-0.15, -0.1) is 21.5 Å². The van der Waals surface area contributed by atoms with Gasteiger partial charge in [0.05, 0.1) is 18.5 Å². The molecule has 0 radical (unpaired) electrons. The number of aryl methyl sites for hydroxylation is 1. The standard InChI is InChI=1S/C23H20N6OS2/c1-16-6-2-3-9-20(16)26-22-25-18(14-31-22)15-32-23-28-27-21(17-7-4-10-24-12-17)29(23)13-19-8-5-11-30-19/h2-12,14H,13,15H2,1H3,(H,25,26). The van der Waals surface area contributed by atoms with Crippen LogP contribution in [-0.4, -0.2) is 24.7 Å². The minimum Gasteiger partial charge on any atom is -0.467 e. The third-order valence-electron chi connectivity index (χ3n) is 4.82. The molecule has 9 heteroatoms. The molecule has 5 aromatic rings. The van der Waals surface area contributed by atoms with Crippen LogP contribution in [-0.2, 0) is 12.3 Å². The van der Waals surface area contributed by atoms with Crippen LogP contribution < -0.4 is 5.32 Å². The summed E-state index contributed by atoms with van der Waals surface area (Å²) in [5.41, 5.74) is 4.16. The highest BCUT2D eigenvalue weighted by Crippen LogP contribution is 2.29. The quantitative estimate of drug-likeness (QED) is 0.294. The number of nitrogens with one attached hydrogen (secondary N) is 1. The monoisotopic (exact) mass is 460 g/mol. The van der Waals surface area contributed by atoms with Crippen molar-refractivity contribution in [2.45, 2.75) is 24.4 Å². The fourth-order valence-electron chi connectivity index (χ4n) is 3.20. The van der Waals surface area contributed by atoms with E-state index >= 15 is 0 Å². The van der Waals surface area contributed by atoms with Crippen molar-refractivity contribution in [1.29, 1.82) is 0 Å². The number of anilines is 2. The number of thioether (sulfide) groups is 1. The zero-order valence-electron chi connectivity index (χ0n) is 17.3. The predicted octanol–water partition coefficient (Wildman–Crippen LogP) is 5.78. The zero-order chi connectivity index (χ0) is 21.8. The van der Waals surface area contributed by atoms with E-state index in [-0.39, 0.29) is 0 Å². The molecule has 0 saturated carbocycles. The molecule has 7 nitrogen and oxygen atoms in total. The van der Waals surface area contributed by atoms with Crippen molar-refractivity contribution in [2.24, 2.45) is 0 Å². The number of rotatable bonds is 8. The molecule has 0 aliphatic heterocycles. The average Bonchev–Trinajstić information content (AvgIpc) is 3.57. The summed E-state index contributed by atoms with van der Waals surface area (Å²) in [6, 6.07) is 15.9. The number of benzene rings is 1. The van der Waals surface area contributed by atoms with E-state index < -0.39 is 0 Å². The summed E-state index contributed by atoms with van der Waals surface area (Å²) in [6.45, 7) is 2.63. The normalized spacial score (nSPS) is 11.0. The molecule has 0 aliphatic carbocycles. The van der Waals surface area contributed by atoms with Gasteiger partial charge in [-0.3, -0.25) is 9.55 Å². The summed E-state index contributed by atoms with van der Waals surface area (Å²) in [5.74, 6) is 2.29. The molecule has 0 aliphatic rings. The SMILES string of the molecule is Cc1ccccc1Nc1nc(CSc2nnc(-c3cccnc3)n2Cc2ccco2)cs1. The number of hydrogen-bond donors (Lipinski definition) is 1. The van der Waals surface area contributed by atoms with Crippen molar-refractivity contribution >= 4 is 33.9 Å². The number of furan rings is 1. The number of aromatic nitrogens is 5. The summed E-state index contributed by atoms with van der Waals surface area (Å²) in [4.78, 5) is 8.95. The number of pyridine rings is 1. The van der Waals surface area contributed by atoms with Crippen molar-refractivity contribution in [1.82, 2.24) is 24.7 Å². The third-order valence-corrected chi connectivity index (χ3v) is 6.63. The molecule has 0 atom stereocenters. The van der Waals surface area contributed by atoms with Gasteiger partial charge in [0, 0.05) is 34.8 Å². The lowest BCUT2D eigenvalue weighted by Crippen LogP contribution is -2.03. The van der Waals surface area contributed by atoms with Gasteiger partial charge in [-0.1, -0.05) is 30.0 Å². The van der Waals surface area contributed by atoms with E-state index in [2.05, 4.69) is 49.5 Å². The lowest BCUT2D eigenvalue weighted by Gasteiger charge is -2.08. The maximum absolute atomic E-state index is 5.56. The fraction of sp³-hybridized carbons (Fsp3) is 0.130. The highest BCUT2D eigenvalue weighted by Gasteiger charge is 2.17. The van der Waals surface area contributed by atoms with Crippen molar-refractivity contribution < 1.29 is 4.42 Å². The Morgan fingerprint density at radius 3 is 2.84 bits per heavy atom. The van der Waals surface area contributed by atoms with Gasteiger partial charge in [0.15, 0.2) is 16.1 Å². The summed E-state index contributed by atoms with van der Waals surface area (Å²) >= 11 is 3.20. The molecule has 0 fully saturated rings. The number of hydrogen-bond acceptors (Lipinski definition) is 8. The van der Waals surface area contributed by atoms with E-state index in [1.165, 1.54) is 5.56 Å². The van der Waals surface area contributed by atoms with Crippen molar-refractivity contribution in [3.63, 3.8) is 0 Å². The largest absolute Gasteiger partial charge is 0.467 e. The van der Waals surface area contributed by atoms with Crippen molar-refractivity contribution in [2.75, 3.05) is 5.32 Å². The van der Waals surface area contributed by atoms with Crippen LogP contribution in [0, 0.1) is 6.92 Å². The van der Waals surface area contributed by atoms with E-state index in [4.69, 9.17) is 9.40 Å². The maximum atomic E-state index is 5.56. The van der Waals surface area contributed by atoms with E-state index in [1.54, 1.807) is 41.8 Å². The summed E-state index contributed by atoms with van der Waals surface area (Å²) < 4.78 is 7.62. The average molecular weight is 461 g/mol. The van der Waals surface area contributed by atoms with Crippen LogP contribution in [0.15, 0.2) is 82.1 Å². The molecular weight excluding hydrogens is 440 g/mol. The molecule has 160 valence electrons. The Balaban J connectivity index is 1.34.